The predicted octanol–water partition coefficient (Wildman–Crippen LogP) is 4.73. The smallest absolute Gasteiger partial charge is 0.336 e. The van der Waals surface area contributed by atoms with Gasteiger partial charge in [0.05, 0.1) is 17.5 Å². The highest BCUT2D eigenvalue weighted by molar-refractivity contribution is 9.10. The van der Waals surface area contributed by atoms with Gasteiger partial charge in [0, 0.05) is 14.8 Å². The Morgan fingerprint density at radius 3 is 2.71 bits per heavy atom. The number of halogens is 1. The zero-order chi connectivity index (χ0) is 15.6. The first-order chi connectivity index (χ1) is 9.77. The number of benzene rings is 1. The standard InChI is InChI=1S/C15H16BrNO3S/c1-15(2,3)12-7-17-13(20-12)8-21-11-6-9(16)4-5-10(11)14(18)19/h4-7H,8H2,1-3H3,(H,18,19). The summed E-state index contributed by atoms with van der Waals surface area (Å²) in [5, 5.41) is 9.20. The molecule has 0 saturated heterocycles. The van der Waals surface area contributed by atoms with Gasteiger partial charge in [0.15, 0.2) is 0 Å². The molecule has 1 aromatic carbocycles. The van der Waals surface area contributed by atoms with E-state index in [9.17, 15) is 9.90 Å². The van der Waals surface area contributed by atoms with Crippen LogP contribution in [0, 0.1) is 0 Å². The minimum Gasteiger partial charge on any atom is -0.478 e. The van der Waals surface area contributed by atoms with Crippen molar-refractivity contribution in [1.29, 1.82) is 0 Å². The average molecular weight is 370 g/mol. The number of carbonyl (C=O) groups is 1. The lowest BCUT2D eigenvalue weighted by atomic mass is 9.94. The molecule has 1 heterocycles. The van der Waals surface area contributed by atoms with E-state index in [-0.39, 0.29) is 11.0 Å². The molecular formula is C15H16BrNO3S. The Hall–Kier alpha value is -1.27. The fraction of sp³-hybridized carbons (Fsp3) is 0.333. The second kappa shape index (κ2) is 6.23. The topological polar surface area (TPSA) is 63.3 Å². The minimum absolute atomic E-state index is 0.0854. The highest BCUT2D eigenvalue weighted by atomic mass is 79.9. The Bertz CT molecular complexity index is 661. The third kappa shape index (κ3) is 4.11. The van der Waals surface area contributed by atoms with Gasteiger partial charge in [-0.15, -0.1) is 11.8 Å². The second-order valence-electron chi connectivity index (χ2n) is 5.60. The lowest BCUT2D eigenvalue weighted by Crippen LogP contribution is -2.09. The van der Waals surface area contributed by atoms with Gasteiger partial charge in [-0.1, -0.05) is 36.7 Å². The van der Waals surface area contributed by atoms with Gasteiger partial charge in [0.1, 0.15) is 5.76 Å². The van der Waals surface area contributed by atoms with Crippen LogP contribution in [0.2, 0.25) is 0 Å². The molecule has 0 amide bonds. The summed E-state index contributed by atoms with van der Waals surface area (Å²) in [5.41, 5.74) is 0.198. The molecule has 4 nitrogen and oxygen atoms in total. The Kier molecular flexibility index (Phi) is 4.78. The van der Waals surface area contributed by atoms with Gasteiger partial charge >= 0.3 is 5.97 Å². The molecule has 0 fully saturated rings. The summed E-state index contributed by atoms with van der Waals surface area (Å²) in [6.45, 7) is 6.17. The van der Waals surface area contributed by atoms with Crippen molar-refractivity contribution < 1.29 is 14.3 Å². The molecule has 0 radical (unpaired) electrons. The number of hydrogen-bond donors (Lipinski definition) is 1. The number of hydrogen-bond acceptors (Lipinski definition) is 4. The molecule has 0 aliphatic carbocycles. The molecule has 21 heavy (non-hydrogen) atoms. The summed E-state index contributed by atoms with van der Waals surface area (Å²) in [4.78, 5) is 16.1. The highest BCUT2D eigenvalue weighted by Crippen LogP contribution is 2.30. The summed E-state index contributed by atoms with van der Waals surface area (Å²) in [6.07, 6.45) is 1.73. The first-order valence-corrected chi connectivity index (χ1v) is 8.16. The van der Waals surface area contributed by atoms with Crippen molar-refractivity contribution in [3.8, 4) is 0 Å². The van der Waals surface area contributed by atoms with E-state index in [1.807, 2.05) is 0 Å². The van der Waals surface area contributed by atoms with Crippen molar-refractivity contribution in [3.63, 3.8) is 0 Å². The summed E-state index contributed by atoms with van der Waals surface area (Å²) in [6, 6.07) is 5.10. The second-order valence-corrected chi connectivity index (χ2v) is 7.54. The molecule has 0 aliphatic heterocycles. The van der Waals surface area contributed by atoms with E-state index in [1.165, 1.54) is 11.8 Å². The highest BCUT2D eigenvalue weighted by Gasteiger charge is 2.19. The largest absolute Gasteiger partial charge is 0.478 e. The van der Waals surface area contributed by atoms with E-state index in [1.54, 1.807) is 24.4 Å². The summed E-state index contributed by atoms with van der Waals surface area (Å²) in [7, 11) is 0. The molecule has 6 heteroatoms. The van der Waals surface area contributed by atoms with Crippen LogP contribution in [0.1, 0.15) is 42.8 Å². The van der Waals surface area contributed by atoms with Crippen LogP contribution in [0.25, 0.3) is 0 Å². The van der Waals surface area contributed by atoms with Crippen molar-refractivity contribution in [1.82, 2.24) is 4.98 Å². The fourth-order valence-electron chi connectivity index (χ4n) is 1.66. The fourth-order valence-corrected chi connectivity index (χ4v) is 3.10. The molecule has 0 atom stereocenters. The molecule has 0 spiro atoms. The summed E-state index contributed by atoms with van der Waals surface area (Å²) >= 11 is 4.76. The van der Waals surface area contributed by atoms with Crippen molar-refractivity contribution >= 4 is 33.7 Å². The molecule has 0 aliphatic rings. The molecule has 1 aromatic heterocycles. The Morgan fingerprint density at radius 2 is 2.14 bits per heavy atom. The number of aromatic nitrogens is 1. The Labute approximate surface area is 136 Å². The van der Waals surface area contributed by atoms with E-state index in [4.69, 9.17) is 4.42 Å². The third-order valence-electron chi connectivity index (χ3n) is 2.82. The normalized spacial score (nSPS) is 11.6. The number of carboxylic acid groups (broad SMARTS) is 1. The first kappa shape index (κ1) is 16.1. The van der Waals surface area contributed by atoms with Crippen molar-refractivity contribution in [3.05, 3.63) is 46.1 Å². The average Bonchev–Trinajstić information content (AvgIpc) is 2.84. The van der Waals surface area contributed by atoms with Crippen LogP contribution >= 0.6 is 27.7 Å². The number of thioether (sulfide) groups is 1. The lowest BCUT2D eigenvalue weighted by molar-refractivity contribution is 0.0693. The number of rotatable bonds is 4. The summed E-state index contributed by atoms with van der Waals surface area (Å²) < 4.78 is 6.55. The van der Waals surface area contributed by atoms with E-state index in [2.05, 4.69) is 41.7 Å². The number of nitrogens with zero attached hydrogens (tertiary/aromatic N) is 1. The van der Waals surface area contributed by atoms with E-state index in [0.717, 1.165) is 10.2 Å². The number of aromatic carboxylic acids is 1. The van der Waals surface area contributed by atoms with Gasteiger partial charge in [-0.3, -0.25) is 0 Å². The van der Waals surface area contributed by atoms with E-state index in [0.29, 0.717) is 16.5 Å². The van der Waals surface area contributed by atoms with E-state index >= 15 is 0 Å². The van der Waals surface area contributed by atoms with Gasteiger partial charge in [-0.05, 0) is 18.2 Å². The maximum atomic E-state index is 11.2. The predicted molar refractivity (Wildman–Crippen MR) is 85.9 cm³/mol. The molecule has 0 saturated carbocycles. The quantitative estimate of drug-likeness (QED) is 0.789. The van der Waals surface area contributed by atoms with E-state index < -0.39 is 5.97 Å². The van der Waals surface area contributed by atoms with Crippen molar-refractivity contribution in [2.45, 2.75) is 36.8 Å². The van der Waals surface area contributed by atoms with Crippen LogP contribution in [0.3, 0.4) is 0 Å². The van der Waals surface area contributed by atoms with Gasteiger partial charge in [-0.25, -0.2) is 9.78 Å². The van der Waals surface area contributed by atoms with Gasteiger partial charge in [0.2, 0.25) is 5.89 Å². The molecule has 0 bridgehead atoms. The molecule has 2 rings (SSSR count). The van der Waals surface area contributed by atoms with Crippen LogP contribution in [0.5, 0.6) is 0 Å². The maximum Gasteiger partial charge on any atom is 0.336 e. The Morgan fingerprint density at radius 1 is 1.43 bits per heavy atom. The van der Waals surface area contributed by atoms with Gasteiger partial charge in [0.25, 0.3) is 0 Å². The lowest BCUT2D eigenvalue weighted by Gasteiger charge is -2.13. The monoisotopic (exact) mass is 369 g/mol. The number of oxazole rings is 1. The summed E-state index contributed by atoms with van der Waals surface area (Å²) in [5.74, 6) is 0.979. The van der Waals surface area contributed by atoms with Crippen LogP contribution in [0.15, 0.2) is 38.2 Å². The maximum absolute atomic E-state index is 11.2. The SMILES string of the molecule is CC(C)(C)c1cnc(CSc2cc(Br)ccc2C(=O)O)o1. The molecule has 112 valence electrons. The van der Waals surface area contributed by atoms with Crippen LogP contribution in [-0.2, 0) is 11.2 Å². The first-order valence-electron chi connectivity index (χ1n) is 6.38. The molecule has 2 aromatic rings. The van der Waals surface area contributed by atoms with Crippen molar-refractivity contribution in [2.75, 3.05) is 0 Å². The van der Waals surface area contributed by atoms with Crippen LogP contribution in [0.4, 0.5) is 0 Å². The molecular weight excluding hydrogens is 354 g/mol. The molecule has 1 N–H and O–H groups in total. The zero-order valence-electron chi connectivity index (χ0n) is 12.0. The third-order valence-corrected chi connectivity index (χ3v) is 4.35. The number of carboxylic acids is 1. The van der Waals surface area contributed by atoms with Gasteiger partial charge in [-0.2, -0.15) is 0 Å². The minimum atomic E-state index is -0.937. The Balaban J connectivity index is 2.15. The van der Waals surface area contributed by atoms with Crippen LogP contribution < -0.4 is 0 Å². The van der Waals surface area contributed by atoms with Gasteiger partial charge < -0.3 is 9.52 Å². The zero-order valence-corrected chi connectivity index (χ0v) is 14.4. The molecule has 0 unspecified atom stereocenters. The van der Waals surface area contributed by atoms with Crippen molar-refractivity contribution in [2.24, 2.45) is 0 Å². The van der Waals surface area contributed by atoms with Crippen LogP contribution in [-0.4, -0.2) is 16.1 Å².